The lowest BCUT2D eigenvalue weighted by atomic mass is 10.2. The molecule has 15 heavy (non-hydrogen) atoms. The number of nitrogens with one attached hydrogen (secondary N) is 1. The maximum atomic E-state index is 4.82. The molecule has 1 fully saturated rings. The number of aromatic nitrogens is 1. The summed E-state index contributed by atoms with van der Waals surface area (Å²) in [7, 11) is 0. The molecule has 1 unspecified atom stereocenters. The topological polar surface area (TPSA) is 41.3 Å². The zero-order valence-corrected chi connectivity index (χ0v) is 9.28. The van der Waals surface area contributed by atoms with Crippen molar-refractivity contribution in [2.45, 2.75) is 32.4 Å². The molecular weight excluding hydrogens is 190 g/mol. The fraction of sp³-hybridized carbons (Fsp3) is 0.727. The zero-order valence-electron chi connectivity index (χ0n) is 9.28. The second-order valence-electron chi connectivity index (χ2n) is 4.17. The van der Waals surface area contributed by atoms with E-state index in [9.17, 15) is 0 Å². The molecule has 4 heteroatoms. The molecule has 1 aromatic heterocycles. The highest BCUT2D eigenvalue weighted by Crippen LogP contribution is 2.12. The molecule has 0 aromatic carbocycles. The van der Waals surface area contributed by atoms with Crippen LogP contribution in [0.5, 0.6) is 0 Å². The summed E-state index contributed by atoms with van der Waals surface area (Å²) in [6, 6.07) is 2.60. The Labute approximate surface area is 90.6 Å². The first-order valence-electron chi connectivity index (χ1n) is 5.73. The van der Waals surface area contributed by atoms with Crippen LogP contribution in [-0.4, -0.2) is 35.7 Å². The summed E-state index contributed by atoms with van der Waals surface area (Å²) >= 11 is 0. The van der Waals surface area contributed by atoms with Gasteiger partial charge in [0.2, 0.25) is 0 Å². The smallest absolute Gasteiger partial charge is 0.124 e. The monoisotopic (exact) mass is 209 g/mol. The molecule has 1 aliphatic rings. The van der Waals surface area contributed by atoms with Crippen molar-refractivity contribution in [3.05, 3.63) is 18.0 Å². The fourth-order valence-electron chi connectivity index (χ4n) is 2.04. The van der Waals surface area contributed by atoms with Crippen molar-refractivity contribution in [3.8, 4) is 0 Å². The lowest BCUT2D eigenvalue weighted by molar-refractivity contribution is 0.305. The zero-order chi connectivity index (χ0) is 10.5. The minimum Gasteiger partial charge on any atom is -0.364 e. The van der Waals surface area contributed by atoms with Crippen molar-refractivity contribution < 1.29 is 4.52 Å². The van der Waals surface area contributed by atoms with Crippen LogP contribution in [0.2, 0.25) is 0 Å². The van der Waals surface area contributed by atoms with Crippen LogP contribution < -0.4 is 5.32 Å². The van der Waals surface area contributed by atoms with Crippen molar-refractivity contribution in [1.82, 2.24) is 15.4 Å². The van der Waals surface area contributed by atoms with E-state index in [0.717, 1.165) is 31.9 Å². The fourth-order valence-corrected chi connectivity index (χ4v) is 2.04. The Morgan fingerprint density at radius 2 is 2.60 bits per heavy atom. The first kappa shape index (κ1) is 10.6. The largest absolute Gasteiger partial charge is 0.364 e. The molecule has 0 amide bonds. The highest BCUT2D eigenvalue weighted by Gasteiger charge is 2.21. The summed E-state index contributed by atoms with van der Waals surface area (Å²) in [5.41, 5.74) is 1.03. The molecule has 0 bridgehead atoms. The minimum atomic E-state index is 0.664. The summed E-state index contributed by atoms with van der Waals surface area (Å²) in [6.07, 6.45) is 4.09. The molecule has 84 valence electrons. The highest BCUT2D eigenvalue weighted by molar-refractivity contribution is 4.96. The van der Waals surface area contributed by atoms with Gasteiger partial charge in [0.15, 0.2) is 0 Å². The van der Waals surface area contributed by atoms with Crippen LogP contribution in [-0.2, 0) is 6.54 Å². The summed E-state index contributed by atoms with van der Waals surface area (Å²) < 4.78 is 4.82. The average Bonchev–Trinajstić information content (AvgIpc) is 2.87. The van der Waals surface area contributed by atoms with E-state index >= 15 is 0 Å². The third kappa shape index (κ3) is 3.04. The molecule has 0 aliphatic carbocycles. The van der Waals surface area contributed by atoms with Crippen LogP contribution in [0, 0.1) is 0 Å². The normalized spacial score (nSPS) is 22.3. The van der Waals surface area contributed by atoms with Gasteiger partial charge >= 0.3 is 0 Å². The van der Waals surface area contributed by atoms with Crippen LogP contribution in [0.3, 0.4) is 0 Å². The average molecular weight is 209 g/mol. The Morgan fingerprint density at radius 3 is 3.33 bits per heavy atom. The summed E-state index contributed by atoms with van der Waals surface area (Å²) in [5, 5.41) is 7.49. The standard InChI is InChI=1S/C11H19N3O/c1-2-5-12-10-3-6-14(8-10)9-11-4-7-15-13-11/h4,7,10,12H,2-3,5-6,8-9H2,1H3. The molecule has 1 atom stereocenters. The molecule has 2 rings (SSSR count). The van der Waals surface area contributed by atoms with E-state index in [-0.39, 0.29) is 0 Å². The second-order valence-corrected chi connectivity index (χ2v) is 4.17. The van der Waals surface area contributed by atoms with E-state index in [4.69, 9.17) is 4.52 Å². The first-order chi connectivity index (χ1) is 7.38. The van der Waals surface area contributed by atoms with Crippen molar-refractivity contribution in [2.24, 2.45) is 0 Å². The van der Waals surface area contributed by atoms with Crippen molar-refractivity contribution in [3.63, 3.8) is 0 Å². The maximum absolute atomic E-state index is 4.82. The first-order valence-corrected chi connectivity index (χ1v) is 5.73. The van der Waals surface area contributed by atoms with Gasteiger partial charge in [-0.15, -0.1) is 0 Å². The third-order valence-electron chi connectivity index (χ3n) is 2.83. The van der Waals surface area contributed by atoms with E-state index in [1.807, 2.05) is 6.07 Å². The Balaban J connectivity index is 1.73. The van der Waals surface area contributed by atoms with E-state index in [1.54, 1.807) is 6.26 Å². The van der Waals surface area contributed by atoms with Crippen LogP contribution in [0.15, 0.2) is 16.9 Å². The van der Waals surface area contributed by atoms with Gasteiger partial charge in [-0.25, -0.2) is 0 Å². The highest BCUT2D eigenvalue weighted by atomic mass is 16.5. The van der Waals surface area contributed by atoms with Gasteiger partial charge in [0.05, 0.1) is 5.69 Å². The number of nitrogens with zero attached hydrogens (tertiary/aromatic N) is 2. The van der Waals surface area contributed by atoms with Crippen LogP contribution in [0.4, 0.5) is 0 Å². The SMILES string of the molecule is CCCNC1CCN(Cc2ccon2)C1. The second kappa shape index (κ2) is 5.28. The summed E-state index contributed by atoms with van der Waals surface area (Å²) in [4.78, 5) is 2.42. The lowest BCUT2D eigenvalue weighted by Crippen LogP contribution is -2.32. The number of hydrogen-bond donors (Lipinski definition) is 1. The molecule has 1 aliphatic heterocycles. The van der Waals surface area contributed by atoms with E-state index in [0.29, 0.717) is 6.04 Å². The van der Waals surface area contributed by atoms with Gasteiger partial charge in [0.25, 0.3) is 0 Å². The molecule has 1 saturated heterocycles. The van der Waals surface area contributed by atoms with Gasteiger partial charge in [0, 0.05) is 31.7 Å². The van der Waals surface area contributed by atoms with Gasteiger partial charge < -0.3 is 9.84 Å². The van der Waals surface area contributed by atoms with E-state index in [1.165, 1.54) is 12.8 Å². The van der Waals surface area contributed by atoms with Gasteiger partial charge in [-0.1, -0.05) is 12.1 Å². The lowest BCUT2D eigenvalue weighted by Gasteiger charge is -2.14. The molecule has 1 N–H and O–H groups in total. The van der Waals surface area contributed by atoms with Gasteiger partial charge in [-0.2, -0.15) is 0 Å². The molecule has 0 saturated carbocycles. The number of hydrogen-bond acceptors (Lipinski definition) is 4. The number of rotatable bonds is 5. The molecular formula is C11H19N3O. The number of likely N-dealkylation sites (tertiary alicyclic amines) is 1. The van der Waals surface area contributed by atoms with Crippen molar-refractivity contribution in [1.29, 1.82) is 0 Å². The van der Waals surface area contributed by atoms with Crippen LogP contribution >= 0.6 is 0 Å². The minimum absolute atomic E-state index is 0.664. The molecule has 0 spiro atoms. The third-order valence-corrected chi connectivity index (χ3v) is 2.83. The van der Waals surface area contributed by atoms with Crippen molar-refractivity contribution >= 4 is 0 Å². The van der Waals surface area contributed by atoms with Gasteiger partial charge in [0.1, 0.15) is 6.26 Å². The van der Waals surface area contributed by atoms with E-state index in [2.05, 4.69) is 22.3 Å². The summed E-state index contributed by atoms with van der Waals surface area (Å²) in [6.45, 7) is 6.54. The molecule has 4 nitrogen and oxygen atoms in total. The quantitative estimate of drug-likeness (QED) is 0.792. The predicted molar refractivity (Wildman–Crippen MR) is 58.5 cm³/mol. The Kier molecular flexibility index (Phi) is 3.75. The van der Waals surface area contributed by atoms with Gasteiger partial charge in [-0.05, 0) is 19.4 Å². The maximum Gasteiger partial charge on any atom is 0.124 e. The molecule has 0 radical (unpaired) electrons. The van der Waals surface area contributed by atoms with E-state index < -0.39 is 0 Å². The molecule has 2 heterocycles. The molecule has 1 aromatic rings. The Morgan fingerprint density at radius 1 is 1.67 bits per heavy atom. The Bertz CT molecular complexity index is 273. The van der Waals surface area contributed by atoms with Gasteiger partial charge in [-0.3, -0.25) is 4.90 Å². The van der Waals surface area contributed by atoms with Crippen molar-refractivity contribution in [2.75, 3.05) is 19.6 Å². The predicted octanol–water partition coefficient (Wildman–Crippen LogP) is 1.25. The Hall–Kier alpha value is -0.870. The van der Waals surface area contributed by atoms with Crippen LogP contribution in [0.1, 0.15) is 25.5 Å². The summed E-state index contributed by atoms with van der Waals surface area (Å²) in [5.74, 6) is 0. The van der Waals surface area contributed by atoms with Crippen LogP contribution in [0.25, 0.3) is 0 Å².